The standard InChI is InChI=1S/C9H7F3N2O3/c10-9(11,12)2-7(15)14-6-1-5(8(16)17)3-13-4-6/h1,3-4H,2H2,(H,14,15)(H,16,17). The van der Waals surface area contributed by atoms with Crippen LogP contribution < -0.4 is 5.32 Å². The van der Waals surface area contributed by atoms with Crippen molar-refractivity contribution in [1.29, 1.82) is 0 Å². The van der Waals surface area contributed by atoms with Gasteiger partial charge in [-0.15, -0.1) is 0 Å². The fraction of sp³-hybridized carbons (Fsp3) is 0.222. The van der Waals surface area contributed by atoms with Gasteiger partial charge in [0.2, 0.25) is 5.91 Å². The number of carboxylic acids is 1. The van der Waals surface area contributed by atoms with Crippen LogP contribution in [-0.4, -0.2) is 28.1 Å². The number of aromatic nitrogens is 1. The summed E-state index contributed by atoms with van der Waals surface area (Å²) in [4.78, 5) is 24.9. The first-order valence-corrected chi connectivity index (χ1v) is 4.33. The summed E-state index contributed by atoms with van der Waals surface area (Å²) in [6, 6.07) is 1.02. The first-order chi connectivity index (χ1) is 7.78. The average Bonchev–Trinajstić information content (AvgIpc) is 2.14. The molecule has 0 aliphatic heterocycles. The monoisotopic (exact) mass is 248 g/mol. The van der Waals surface area contributed by atoms with E-state index in [1.54, 1.807) is 0 Å². The lowest BCUT2D eigenvalue weighted by Gasteiger charge is -2.07. The highest BCUT2D eigenvalue weighted by Gasteiger charge is 2.31. The Labute approximate surface area is 93.3 Å². The van der Waals surface area contributed by atoms with Crippen molar-refractivity contribution >= 4 is 17.6 Å². The number of nitrogens with zero attached hydrogens (tertiary/aromatic N) is 1. The zero-order valence-electron chi connectivity index (χ0n) is 8.28. The Balaban J connectivity index is 2.72. The maximum Gasteiger partial charge on any atom is 0.397 e. The maximum absolute atomic E-state index is 11.8. The maximum atomic E-state index is 11.8. The summed E-state index contributed by atoms with van der Waals surface area (Å²) in [6.07, 6.45) is -4.17. The molecule has 1 amide bonds. The number of pyridine rings is 1. The largest absolute Gasteiger partial charge is 0.478 e. The van der Waals surface area contributed by atoms with Crippen LogP contribution in [0.2, 0.25) is 0 Å². The first-order valence-electron chi connectivity index (χ1n) is 4.33. The van der Waals surface area contributed by atoms with E-state index in [2.05, 4.69) is 4.98 Å². The molecule has 8 heteroatoms. The number of hydrogen-bond donors (Lipinski definition) is 2. The molecule has 0 aliphatic rings. The fourth-order valence-corrected chi connectivity index (χ4v) is 1.01. The molecular weight excluding hydrogens is 241 g/mol. The molecule has 0 atom stereocenters. The van der Waals surface area contributed by atoms with Crippen molar-refractivity contribution < 1.29 is 27.9 Å². The Hall–Kier alpha value is -2.12. The highest BCUT2D eigenvalue weighted by molar-refractivity contribution is 5.93. The molecule has 0 aliphatic carbocycles. The molecule has 5 nitrogen and oxygen atoms in total. The molecule has 1 aromatic heterocycles. The van der Waals surface area contributed by atoms with E-state index in [0.717, 1.165) is 18.5 Å². The van der Waals surface area contributed by atoms with Gasteiger partial charge >= 0.3 is 12.1 Å². The van der Waals surface area contributed by atoms with Gasteiger partial charge in [-0.1, -0.05) is 0 Å². The second kappa shape index (κ2) is 4.81. The number of carbonyl (C=O) groups is 2. The van der Waals surface area contributed by atoms with Crippen LogP contribution in [0.4, 0.5) is 18.9 Å². The van der Waals surface area contributed by atoms with E-state index in [1.165, 1.54) is 0 Å². The van der Waals surface area contributed by atoms with Crippen molar-refractivity contribution in [2.45, 2.75) is 12.6 Å². The zero-order chi connectivity index (χ0) is 13.1. The van der Waals surface area contributed by atoms with Gasteiger partial charge in [-0.3, -0.25) is 9.78 Å². The Morgan fingerprint density at radius 2 is 2.00 bits per heavy atom. The molecule has 17 heavy (non-hydrogen) atoms. The fourth-order valence-electron chi connectivity index (χ4n) is 1.01. The predicted molar refractivity (Wildman–Crippen MR) is 50.5 cm³/mol. The summed E-state index contributed by atoms with van der Waals surface area (Å²) in [5.74, 6) is -2.56. The van der Waals surface area contributed by atoms with Gasteiger partial charge in [-0.25, -0.2) is 4.79 Å². The van der Waals surface area contributed by atoms with Gasteiger partial charge in [0.25, 0.3) is 0 Å². The molecule has 0 bridgehead atoms. The lowest BCUT2D eigenvalue weighted by Crippen LogP contribution is -2.21. The van der Waals surface area contributed by atoms with Crippen LogP contribution in [0, 0.1) is 0 Å². The Bertz CT molecular complexity index is 445. The molecule has 0 aromatic carbocycles. The number of alkyl halides is 3. The molecule has 0 radical (unpaired) electrons. The summed E-state index contributed by atoms with van der Waals surface area (Å²) in [6.45, 7) is 0. The third kappa shape index (κ3) is 4.49. The SMILES string of the molecule is O=C(CC(F)(F)F)Nc1cncc(C(=O)O)c1. The summed E-state index contributed by atoms with van der Waals surface area (Å²) in [5, 5.41) is 10.5. The molecule has 1 rings (SSSR count). The molecule has 0 saturated heterocycles. The van der Waals surface area contributed by atoms with E-state index in [-0.39, 0.29) is 11.3 Å². The number of amides is 1. The van der Waals surface area contributed by atoms with Crippen molar-refractivity contribution in [1.82, 2.24) is 4.98 Å². The number of hydrogen-bond acceptors (Lipinski definition) is 3. The third-order valence-electron chi connectivity index (χ3n) is 1.63. The quantitative estimate of drug-likeness (QED) is 0.852. The zero-order valence-corrected chi connectivity index (χ0v) is 8.28. The van der Waals surface area contributed by atoms with Crippen LogP contribution in [0.3, 0.4) is 0 Å². The summed E-state index contributed by atoms with van der Waals surface area (Å²) >= 11 is 0. The number of aromatic carboxylic acids is 1. The molecule has 0 fully saturated rings. The minimum atomic E-state index is -4.61. The predicted octanol–water partition coefficient (Wildman–Crippen LogP) is 1.67. The van der Waals surface area contributed by atoms with Gasteiger partial charge in [0, 0.05) is 6.20 Å². The van der Waals surface area contributed by atoms with E-state index in [4.69, 9.17) is 5.11 Å². The topological polar surface area (TPSA) is 79.3 Å². The van der Waals surface area contributed by atoms with E-state index in [0.29, 0.717) is 0 Å². The molecule has 0 saturated carbocycles. The Morgan fingerprint density at radius 3 is 2.53 bits per heavy atom. The van der Waals surface area contributed by atoms with Crippen molar-refractivity contribution in [2.75, 3.05) is 5.32 Å². The third-order valence-corrected chi connectivity index (χ3v) is 1.63. The molecule has 1 aromatic rings. The lowest BCUT2D eigenvalue weighted by molar-refractivity contribution is -0.150. The van der Waals surface area contributed by atoms with Crippen LogP contribution in [0.25, 0.3) is 0 Å². The highest BCUT2D eigenvalue weighted by Crippen LogP contribution is 2.20. The summed E-state index contributed by atoms with van der Waals surface area (Å²) < 4.78 is 35.5. The first kappa shape index (κ1) is 12.9. The van der Waals surface area contributed by atoms with Crippen molar-refractivity contribution in [3.63, 3.8) is 0 Å². The highest BCUT2D eigenvalue weighted by atomic mass is 19.4. The molecule has 2 N–H and O–H groups in total. The van der Waals surface area contributed by atoms with Gasteiger partial charge in [0.15, 0.2) is 0 Å². The van der Waals surface area contributed by atoms with Gasteiger partial charge in [-0.05, 0) is 6.07 Å². The van der Waals surface area contributed by atoms with Crippen LogP contribution in [-0.2, 0) is 4.79 Å². The van der Waals surface area contributed by atoms with Crippen LogP contribution in [0.15, 0.2) is 18.5 Å². The van der Waals surface area contributed by atoms with Crippen molar-refractivity contribution in [3.8, 4) is 0 Å². The van der Waals surface area contributed by atoms with E-state index in [1.807, 2.05) is 5.32 Å². The van der Waals surface area contributed by atoms with Gasteiger partial charge < -0.3 is 10.4 Å². The molecule has 92 valence electrons. The van der Waals surface area contributed by atoms with Crippen LogP contribution >= 0.6 is 0 Å². The van der Waals surface area contributed by atoms with E-state index >= 15 is 0 Å². The van der Waals surface area contributed by atoms with Crippen LogP contribution in [0.1, 0.15) is 16.8 Å². The number of carboxylic acid groups (broad SMARTS) is 1. The number of halogens is 3. The molecule has 0 unspecified atom stereocenters. The number of carbonyl (C=O) groups excluding carboxylic acids is 1. The van der Waals surface area contributed by atoms with Gasteiger partial charge in [-0.2, -0.15) is 13.2 Å². The Kier molecular flexibility index (Phi) is 3.66. The smallest absolute Gasteiger partial charge is 0.397 e. The van der Waals surface area contributed by atoms with Gasteiger partial charge in [0.1, 0.15) is 6.42 Å². The summed E-state index contributed by atoms with van der Waals surface area (Å²) in [5.41, 5.74) is -0.325. The normalized spacial score (nSPS) is 11.0. The number of anilines is 1. The van der Waals surface area contributed by atoms with Gasteiger partial charge in [0.05, 0.1) is 17.4 Å². The van der Waals surface area contributed by atoms with Crippen molar-refractivity contribution in [3.05, 3.63) is 24.0 Å². The minimum Gasteiger partial charge on any atom is -0.478 e. The molecule has 1 heterocycles. The lowest BCUT2D eigenvalue weighted by atomic mass is 10.2. The van der Waals surface area contributed by atoms with Crippen LogP contribution in [0.5, 0.6) is 0 Å². The number of nitrogens with one attached hydrogen (secondary N) is 1. The summed E-state index contributed by atoms with van der Waals surface area (Å²) in [7, 11) is 0. The molecule has 0 spiro atoms. The molecular formula is C9H7F3N2O3. The average molecular weight is 248 g/mol. The van der Waals surface area contributed by atoms with Crippen molar-refractivity contribution in [2.24, 2.45) is 0 Å². The second-order valence-corrected chi connectivity index (χ2v) is 3.11. The minimum absolute atomic E-state index is 0.0980. The van der Waals surface area contributed by atoms with E-state index in [9.17, 15) is 22.8 Å². The second-order valence-electron chi connectivity index (χ2n) is 3.11. The Morgan fingerprint density at radius 1 is 1.35 bits per heavy atom. The number of rotatable bonds is 3. The van der Waals surface area contributed by atoms with E-state index < -0.39 is 24.5 Å².